The number of aromatic nitrogens is 2. The van der Waals surface area contributed by atoms with E-state index in [0.29, 0.717) is 15.9 Å². The van der Waals surface area contributed by atoms with Gasteiger partial charge in [-0.05, 0) is 46.6 Å². The lowest BCUT2D eigenvalue weighted by Gasteiger charge is -2.07. The van der Waals surface area contributed by atoms with Crippen molar-refractivity contribution in [1.29, 1.82) is 0 Å². The Morgan fingerprint density at radius 3 is 2.68 bits per heavy atom. The summed E-state index contributed by atoms with van der Waals surface area (Å²) >= 11 is 3.36. The molecule has 0 saturated heterocycles. The van der Waals surface area contributed by atoms with Gasteiger partial charge in [0.15, 0.2) is 11.6 Å². The molecule has 3 nitrogen and oxygen atoms in total. The van der Waals surface area contributed by atoms with Crippen LogP contribution in [0.15, 0.2) is 28.9 Å². The molecule has 2 aromatic rings. The molecule has 0 fully saturated rings. The Balaban J connectivity index is 2.43. The highest BCUT2D eigenvalue weighted by atomic mass is 79.9. The van der Waals surface area contributed by atoms with Crippen LogP contribution in [0, 0.1) is 5.82 Å². The van der Waals surface area contributed by atoms with Gasteiger partial charge in [-0.3, -0.25) is 0 Å². The Morgan fingerprint density at radius 2 is 2.05 bits per heavy atom. The largest absolute Gasteiger partial charge is 0.494 e. The van der Waals surface area contributed by atoms with Crippen molar-refractivity contribution < 1.29 is 9.13 Å². The zero-order valence-electron chi connectivity index (χ0n) is 10.8. The van der Waals surface area contributed by atoms with Gasteiger partial charge in [0.05, 0.1) is 12.8 Å². The molecule has 0 N–H and O–H groups in total. The SMILES string of the molecule is CCCc1nc(Br)cc(-c2ccc(OC)c(F)c2)n1. The predicted molar refractivity (Wildman–Crippen MR) is 75.7 cm³/mol. The third-order valence-electron chi connectivity index (χ3n) is 2.66. The third kappa shape index (κ3) is 3.29. The van der Waals surface area contributed by atoms with Crippen LogP contribution in [0.2, 0.25) is 0 Å². The number of ether oxygens (including phenoxy) is 1. The van der Waals surface area contributed by atoms with Gasteiger partial charge in [0, 0.05) is 12.0 Å². The van der Waals surface area contributed by atoms with Crippen LogP contribution >= 0.6 is 15.9 Å². The second-order valence-electron chi connectivity index (χ2n) is 4.09. The van der Waals surface area contributed by atoms with Crippen LogP contribution in [-0.2, 0) is 6.42 Å². The van der Waals surface area contributed by atoms with Crippen molar-refractivity contribution in [3.8, 4) is 17.0 Å². The molecule has 5 heteroatoms. The number of benzene rings is 1. The third-order valence-corrected chi connectivity index (χ3v) is 3.07. The number of hydrogen-bond donors (Lipinski definition) is 0. The van der Waals surface area contributed by atoms with Crippen molar-refractivity contribution in [3.63, 3.8) is 0 Å². The molecule has 0 aliphatic carbocycles. The van der Waals surface area contributed by atoms with Crippen molar-refractivity contribution in [2.45, 2.75) is 19.8 Å². The van der Waals surface area contributed by atoms with Crippen LogP contribution in [0.3, 0.4) is 0 Å². The minimum absolute atomic E-state index is 0.227. The number of hydrogen-bond acceptors (Lipinski definition) is 3. The van der Waals surface area contributed by atoms with Crippen molar-refractivity contribution in [3.05, 3.63) is 40.5 Å². The van der Waals surface area contributed by atoms with E-state index in [4.69, 9.17) is 4.74 Å². The van der Waals surface area contributed by atoms with Crippen LogP contribution in [-0.4, -0.2) is 17.1 Å². The Labute approximate surface area is 120 Å². The van der Waals surface area contributed by atoms with E-state index in [9.17, 15) is 4.39 Å². The summed E-state index contributed by atoms with van der Waals surface area (Å²) in [6.45, 7) is 2.07. The fraction of sp³-hybridized carbons (Fsp3) is 0.286. The zero-order chi connectivity index (χ0) is 13.8. The number of halogens is 2. The summed E-state index contributed by atoms with van der Waals surface area (Å²) in [5.74, 6) is 0.584. The van der Waals surface area contributed by atoms with Crippen molar-refractivity contribution >= 4 is 15.9 Å². The van der Waals surface area contributed by atoms with Gasteiger partial charge in [0.25, 0.3) is 0 Å². The monoisotopic (exact) mass is 324 g/mol. The summed E-state index contributed by atoms with van der Waals surface area (Å²) in [7, 11) is 1.44. The van der Waals surface area contributed by atoms with E-state index in [-0.39, 0.29) is 5.75 Å². The quantitative estimate of drug-likeness (QED) is 0.797. The van der Waals surface area contributed by atoms with E-state index in [2.05, 4.69) is 32.8 Å². The van der Waals surface area contributed by atoms with Gasteiger partial charge in [0.2, 0.25) is 0 Å². The lowest BCUT2D eigenvalue weighted by atomic mass is 10.1. The highest BCUT2D eigenvalue weighted by Crippen LogP contribution is 2.25. The van der Waals surface area contributed by atoms with Crippen LogP contribution in [0.1, 0.15) is 19.2 Å². The van der Waals surface area contributed by atoms with Gasteiger partial charge in [-0.1, -0.05) is 6.92 Å². The molecule has 0 aliphatic heterocycles. The fourth-order valence-electron chi connectivity index (χ4n) is 1.77. The van der Waals surface area contributed by atoms with E-state index in [1.54, 1.807) is 18.2 Å². The van der Waals surface area contributed by atoms with Crippen molar-refractivity contribution in [2.24, 2.45) is 0 Å². The zero-order valence-corrected chi connectivity index (χ0v) is 12.4. The van der Waals surface area contributed by atoms with Gasteiger partial charge < -0.3 is 4.74 Å². The molecular weight excluding hydrogens is 311 g/mol. The highest BCUT2D eigenvalue weighted by molar-refractivity contribution is 9.10. The van der Waals surface area contributed by atoms with Crippen LogP contribution < -0.4 is 4.74 Å². The van der Waals surface area contributed by atoms with E-state index >= 15 is 0 Å². The molecule has 100 valence electrons. The molecule has 1 aromatic heterocycles. The molecular formula is C14H14BrFN2O. The molecule has 0 spiro atoms. The summed E-state index contributed by atoms with van der Waals surface area (Å²) in [6, 6.07) is 6.58. The molecule has 0 amide bonds. The summed E-state index contributed by atoms with van der Waals surface area (Å²) in [4.78, 5) is 8.73. The highest BCUT2D eigenvalue weighted by Gasteiger charge is 2.08. The molecule has 1 heterocycles. The van der Waals surface area contributed by atoms with Gasteiger partial charge in [0.1, 0.15) is 10.4 Å². The predicted octanol–water partition coefficient (Wildman–Crippen LogP) is 4.01. The Morgan fingerprint density at radius 1 is 1.26 bits per heavy atom. The maximum Gasteiger partial charge on any atom is 0.165 e. The minimum Gasteiger partial charge on any atom is -0.494 e. The first-order chi connectivity index (χ1) is 9.13. The number of methoxy groups -OCH3 is 1. The van der Waals surface area contributed by atoms with Gasteiger partial charge >= 0.3 is 0 Å². The summed E-state index contributed by atoms with van der Waals surface area (Å²) < 4.78 is 19.3. The first-order valence-electron chi connectivity index (χ1n) is 6.01. The van der Waals surface area contributed by atoms with Crippen LogP contribution in [0.5, 0.6) is 5.75 Å². The molecule has 0 radical (unpaired) electrons. The number of nitrogens with zero attached hydrogens (tertiary/aromatic N) is 2. The number of aryl methyl sites for hydroxylation is 1. The smallest absolute Gasteiger partial charge is 0.165 e. The molecule has 0 unspecified atom stereocenters. The summed E-state index contributed by atoms with van der Waals surface area (Å²) in [5, 5.41) is 0. The molecule has 0 atom stereocenters. The second kappa shape index (κ2) is 6.10. The fourth-order valence-corrected chi connectivity index (χ4v) is 2.20. The molecule has 2 rings (SSSR count). The first-order valence-corrected chi connectivity index (χ1v) is 6.80. The van der Waals surface area contributed by atoms with Crippen LogP contribution in [0.25, 0.3) is 11.3 Å². The lowest BCUT2D eigenvalue weighted by molar-refractivity contribution is 0.386. The Kier molecular flexibility index (Phi) is 4.47. The molecule has 19 heavy (non-hydrogen) atoms. The van der Waals surface area contributed by atoms with E-state index in [0.717, 1.165) is 18.7 Å². The molecule has 0 saturated carbocycles. The molecule has 1 aromatic carbocycles. The Hall–Kier alpha value is -1.49. The average molecular weight is 325 g/mol. The first kappa shape index (κ1) is 13.9. The van der Waals surface area contributed by atoms with Gasteiger partial charge in [-0.15, -0.1) is 0 Å². The van der Waals surface area contributed by atoms with Gasteiger partial charge in [-0.2, -0.15) is 0 Å². The van der Waals surface area contributed by atoms with E-state index in [1.165, 1.54) is 13.2 Å². The molecule has 0 bridgehead atoms. The standard InChI is InChI=1S/C14H14BrFN2O/c1-3-4-14-17-11(8-13(15)18-14)9-5-6-12(19-2)10(16)7-9/h5-8H,3-4H2,1-2H3. The molecule has 0 aliphatic rings. The van der Waals surface area contributed by atoms with E-state index in [1.807, 2.05) is 0 Å². The normalized spacial score (nSPS) is 10.5. The summed E-state index contributed by atoms with van der Waals surface area (Å²) in [6.07, 6.45) is 1.76. The van der Waals surface area contributed by atoms with Crippen molar-refractivity contribution in [1.82, 2.24) is 9.97 Å². The summed E-state index contributed by atoms with van der Waals surface area (Å²) in [5.41, 5.74) is 1.41. The number of rotatable bonds is 4. The topological polar surface area (TPSA) is 35.0 Å². The van der Waals surface area contributed by atoms with Crippen LogP contribution in [0.4, 0.5) is 4.39 Å². The van der Waals surface area contributed by atoms with Gasteiger partial charge in [-0.25, -0.2) is 14.4 Å². The maximum absolute atomic E-state index is 13.7. The maximum atomic E-state index is 13.7. The Bertz CT molecular complexity index is 590. The second-order valence-corrected chi connectivity index (χ2v) is 4.90. The average Bonchev–Trinajstić information content (AvgIpc) is 2.38. The van der Waals surface area contributed by atoms with E-state index < -0.39 is 5.82 Å². The van der Waals surface area contributed by atoms with Crippen molar-refractivity contribution in [2.75, 3.05) is 7.11 Å². The minimum atomic E-state index is -0.397. The lowest BCUT2D eigenvalue weighted by Crippen LogP contribution is -1.97.